The minimum absolute atomic E-state index is 0. The zero-order valence-corrected chi connectivity index (χ0v) is 20.7. The van der Waals surface area contributed by atoms with Crippen LogP contribution in [-0.2, 0) is 4.74 Å². The molecule has 2 heterocycles. The van der Waals surface area contributed by atoms with E-state index in [-0.39, 0.29) is 24.0 Å². The van der Waals surface area contributed by atoms with Gasteiger partial charge < -0.3 is 20.3 Å². The highest BCUT2D eigenvalue weighted by Crippen LogP contribution is 2.24. The van der Waals surface area contributed by atoms with E-state index >= 15 is 0 Å². The van der Waals surface area contributed by atoms with E-state index in [0.717, 1.165) is 64.6 Å². The molecule has 6 nitrogen and oxygen atoms in total. The van der Waals surface area contributed by atoms with Crippen molar-refractivity contribution in [2.45, 2.75) is 38.3 Å². The van der Waals surface area contributed by atoms with Gasteiger partial charge in [0.1, 0.15) is 0 Å². The number of nitrogens with one attached hydrogen (secondary N) is 2. The topological polar surface area (TPSA) is 52.1 Å². The molecule has 0 bridgehead atoms. The van der Waals surface area contributed by atoms with Crippen molar-refractivity contribution >= 4 is 29.9 Å². The summed E-state index contributed by atoms with van der Waals surface area (Å²) in [6.45, 7) is 6.08. The number of halogens is 4. The molecule has 2 aliphatic rings. The summed E-state index contributed by atoms with van der Waals surface area (Å²) in [5.41, 5.74) is 0. The predicted molar refractivity (Wildman–Crippen MR) is 126 cm³/mol. The Morgan fingerprint density at radius 1 is 1.00 bits per heavy atom. The predicted octanol–water partition coefficient (Wildman–Crippen LogP) is 2.79. The van der Waals surface area contributed by atoms with Gasteiger partial charge in [-0.2, -0.15) is 13.2 Å². The molecule has 0 aliphatic carbocycles. The Labute approximate surface area is 196 Å². The van der Waals surface area contributed by atoms with E-state index in [2.05, 4.69) is 20.5 Å². The summed E-state index contributed by atoms with van der Waals surface area (Å²) in [5, 5.41) is 6.79. The highest BCUT2D eigenvalue weighted by molar-refractivity contribution is 14.0. The summed E-state index contributed by atoms with van der Waals surface area (Å²) >= 11 is 0. The maximum atomic E-state index is 12.5. The highest BCUT2D eigenvalue weighted by Gasteiger charge is 2.32. The van der Waals surface area contributed by atoms with Gasteiger partial charge in [0.25, 0.3) is 0 Å². The second kappa shape index (κ2) is 14.7. The average molecular weight is 549 g/mol. The molecule has 0 unspecified atom stereocenters. The third-order valence-corrected chi connectivity index (χ3v) is 6.06. The summed E-state index contributed by atoms with van der Waals surface area (Å²) in [5.74, 6) is 1.97. The van der Waals surface area contributed by atoms with Gasteiger partial charge >= 0.3 is 6.18 Å². The number of guanidine groups is 1. The van der Waals surface area contributed by atoms with Crippen molar-refractivity contribution in [2.75, 3.05) is 73.1 Å². The van der Waals surface area contributed by atoms with E-state index in [1.807, 2.05) is 0 Å². The van der Waals surface area contributed by atoms with E-state index in [4.69, 9.17) is 4.74 Å². The van der Waals surface area contributed by atoms with Crippen molar-refractivity contribution in [1.29, 1.82) is 0 Å². The molecule has 2 N–H and O–H groups in total. The molecule has 0 spiro atoms. The Morgan fingerprint density at radius 2 is 1.60 bits per heavy atom. The molecular weight excluding hydrogens is 510 g/mol. The molecule has 0 amide bonds. The maximum absolute atomic E-state index is 12.5. The number of likely N-dealkylation sites (tertiary alicyclic amines) is 2. The van der Waals surface area contributed by atoms with Gasteiger partial charge in [0.05, 0.1) is 13.2 Å². The smallest absolute Gasteiger partial charge is 0.383 e. The minimum atomic E-state index is -4.09. The summed E-state index contributed by atoms with van der Waals surface area (Å²) in [4.78, 5) is 8.27. The van der Waals surface area contributed by atoms with Gasteiger partial charge in [0.2, 0.25) is 0 Å². The Balaban J connectivity index is 0.00000450. The third-order valence-electron chi connectivity index (χ3n) is 6.06. The second-order valence-corrected chi connectivity index (χ2v) is 8.28. The largest absolute Gasteiger partial charge is 0.401 e. The van der Waals surface area contributed by atoms with Crippen molar-refractivity contribution in [3.63, 3.8) is 0 Å². The van der Waals surface area contributed by atoms with Crippen LogP contribution in [0, 0.1) is 11.8 Å². The van der Waals surface area contributed by atoms with Crippen molar-refractivity contribution in [3.8, 4) is 0 Å². The zero-order chi connectivity index (χ0) is 21.1. The number of hydrogen-bond donors (Lipinski definition) is 2. The van der Waals surface area contributed by atoms with Crippen molar-refractivity contribution in [2.24, 2.45) is 16.8 Å². The number of rotatable bonds is 9. The quantitative estimate of drug-likeness (QED) is 0.263. The van der Waals surface area contributed by atoms with Gasteiger partial charge in [-0.15, -0.1) is 24.0 Å². The van der Waals surface area contributed by atoms with Crippen molar-refractivity contribution < 1.29 is 17.9 Å². The lowest BCUT2D eigenvalue weighted by Gasteiger charge is -2.32. The lowest BCUT2D eigenvalue weighted by Crippen LogP contribution is -2.44. The van der Waals surface area contributed by atoms with Crippen LogP contribution in [0.2, 0.25) is 0 Å². The number of ether oxygens (including phenoxy) is 1. The molecule has 2 fully saturated rings. The molecule has 178 valence electrons. The van der Waals surface area contributed by atoms with E-state index in [1.165, 1.54) is 17.7 Å². The first-order valence-electron chi connectivity index (χ1n) is 10.8. The van der Waals surface area contributed by atoms with Crippen molar-refractivity contribution in [1.82, 2.24) is 20.4 Å². The van der Waals surface area contributed by atoms with Crippen molar-refractivity contribution in [3.05, 3.63) is 0 Å². The van der Waals surface area contributed by atoms with E-state index < -0.39 is 12.7 Å². The number of piperidine rings is 2. The molecule has 0 atom stereocenters. The molecular formula is C20H39F3IN5O. The van der Waals surface area contributed by atoms with Crippen LogP contribution in [-0.4, -0.2) is 95.1 Å². The number of methoxy groups -OCH3 is 1. The van der Waals surface area contributed by atoms with Gasteiger partial charge in [0.15, 0.2) is 5.96 Å². The normalized spacial score (nSPS) is 20.8. The summed E-state index contributed by atoms with van der Waals surface area (Å²) in [6, 6.07) is 0. The molecule has 2 aliphatic heterocycles. The zero-order valence-electron chi connectivity index (χ0n) is 18.3. The van der Waals surface area contributed by atoms with Crippen LogP contribution in [0.25, 0.3) is 0 Å². The summed E-state index contributed by atoms with van der Waals surface area (Å²) < 4.78 is 42.5. The maximum Gasteiger partial charge on any atom is 0.401 e. The first kappa shape index (κ1) is 27.7. The lowest BCUT2D eigenvalue weighted by atomic mass is 9.93. The first-order valence-corrected chi connectivity index (χ1v) is 10.8. The van der Waals surface area contributed by atoms with E-state index in [9.17, 15) is 13.2 Å². The monoisotopic (exact) mass is 549 g/mol. The number of alkyl halides is 3. The second-order valence-electron chi connectivity index (χ2n) is 8.28. The number of aliphatic imine (C=N–C) groups is 1. The SMILES string of the molecule is CN=C(NCCC1CCN(CC(F)(F)F)CC1)NCC1CCN(CCOC)CC1.I. The summed E-state index contributed by atoms with van der Waals surface area (Å²) in [6.07, 6.45) is 0.927. The lowest BCUT2D eigenvalue weighted by molar-refractivity contribution is -0.148. The average Bonchev–Trinajstić information content (AvgIpc) is 2.70. The van der Waals surface area contributed by atoms with Crippen LogP contribution in [0.15, 0.2) is 4.99 Å². The fourth-order valence-corrected chi connectivity index (χ4v) is 4.18. The number of hydrogen-bond acceptors (Lipinski definition) is 4. The summed E-state index contributed by atoms with van der Waals surface area (Å²) in [7, 11) is 3.52. The molecule has 30 heavy (non-hydrogen) atoms. The fraction of sp³-hybridized carbons (Fsp3) is 0.950. The Morgan fingerprint density at radius 3 is 2.17 bits per heavy atom. The minimum Gasteiger partial charge on any atom is -0.383 e. The Kier molecular flexibility index (Phi) is 13.6. The molecule has 0 saturated carbocycles. The van der Waals surface area contributed by atoms with E-state index in [0.29, 0.717) is 24.9 Å². The van der Waals surface area contributed by atoms with Crippen LogP contribution in [0.1, 0.15) is 32.1 Å². The molecule has 2 rings (SSSR count). The third kappa shape index (κ3) is 11.3. The Hall–Kier alpha value is -0.330. The molecule has 0 aromatic carbocycles. The standard InChI is InChI=1S/C20H38F3N5O.HI/c1-24-19(26-15-18-6-9-27(10-7-18)13-14-29-2)25-8-3-17-4-11-28(12-5-17)16-20(21,22)23;/h17-18H,3-16H2,1-2H3,(H2,24,25,26);1H. The molecule has 0 radical (unpaired) electrons. The van der Waals surface area contributed by atoms with Gasteiger partial charge in [0, 0.05) is 33.8 Å². The van der Waals surface area contributed by atoms with Crippen LogP contribution >= 0.6 is 24.0 Å². The fourth-order valence-electron chi connectivity index (χ4n) is 4.18. The van der Waals surface area contributed by atoms with Crippen LogP contribution in [0.3, 0.4) is 0 Å². The van der Waals surface area contributed by atoms with Crippen LogP contribution in [0.5, 0.6) is 0 Å². The first-order chi connectivity index (χ1) is 13.9. The molecule has 0 aromatic heterocycles. The number of nitrogens with zero attached hydrogens (tertiary/aromatic N) is 3. The highest BCUT2D eigenvalue weighted by atomic mass is 127. The van der Waals surface area contributed by atoms with Crippen LogP contribution < -0.4 is 10.6 Å². The van der Waals surface area contributed by atoms with Crippen LogP contribution in [0.4, 0.5) is 13.2 Å². The van der Waals surface area contributed by atoms with Gasteiger partial charge in [-0.3, -0.25) is 9.89 Å². The van der Waals surface area contributed by atoms with Gasteiger partial charge in [-0.1, -0.05) is 0 Å². The van der Waals surface area contributed by atoms with Gasteiger partial charge in [-0.05, 0) is 70.1 Å². The molecule has 0 aromatic rings. The van der Waals surface area contributed by atoms with E-state index in [1.54, 1.807) is 14.2 Å². The molecule has 2 saturated heterocycles. The van der Waals surface area contributed by atoms with Gasteiger partial charge in [-0.25, -0.2) is 0 Å². The molecule has 10 heteroatoms. The Bertz CT molecular complexity index is 480.